The molecule has 28 heavy (non-hydrogen) atoms. The van der Waals surface area contributed by atoms with E-state index in [9.17, 15) is 9.59 Å². The fourth-order valence-corrected chi connectivity index (χ4v) is 5.12. The van der Waals surface area contributed by atoms with E-state index in [-0.39, 0.29) is 5.91 Å². The molecule has 0 N–H and O–H groups in total. The molecule has 0 aromatic carbocycles. The topological polar surface area (TPSA) is 49.9 Å². The van der Waals surface area contributed by atoms with Crippen molar-refractivity contribution in [2.75, 3.05) is 39.4 Å². The van der Waals surface area contributed by atoms with Crippen LogP contribution < -0.4 is 0 Å². The van der Waals surface area contributed by atoms with Crippen LogP contribution in [0.15, 0.2) is 0 Å². The van der Waals surface area contributed by atoms with Crippen molar-refractivity contribution in [3.05, 3.63) is 0 Å². The fraction of sp³-hybridized carbons (Fsp3) is 0.913. The van der Waals surface area contributed by atoms with E-state index in [0.717, 1.165) is 90.3 Å². The third-order valence-corrected chi connectivity index (χ3v) is 7.38. The van der Waals surface area contributed by atoms with E-state index in [0.29, 0.717) is 23.7 Å². The van der Waals surface area contributed by atoms with Crippen LogP contribution in [0.2, 0.25) is 0 Å². The van der Waals surface area contributed by atoms with Gasteiger partial charge in [0, 0.05) is 52.2 Å². The van der Waals surface area contributed by atoms with Gasteiger partial charge in [0.1, 0.15) is 0 Å². The summed E-state index contributed by atoms with van der Waals surface area (Å²) in [5.74, 6) is 3.03. The van der Waals surface area contributed by atoms with Crippen molar-refractivity contribution in [1.29, 1.82) is 0 Å². The molecular weight excluding hydrogens is 352 g/mol. The molecule has 3 fully saturated rings. The lowest BCUT2D eigenvalue weighted by Crippen LogP contribution is -2.42. The van der Waals surface area contributed by atoms with Crippen LogP contribution in [0.3, 0.4) is 0 Å². The number of ether oxygens (including phenoxy) is 1. The van der Waals surface area contributed by atoms with E-state index < -0.39 is 0 Å². The Balaban J connectivity index is 1.25. The molecule has 0 radical (unpaired) electrons. The summed E-state index contributed by atoms with van der Waals surface area (Å²) in [4.78, 5) is 28.2. The van der Waals surface area contributed by atoms with Crippen molar-refractivity contribution < 1.29 is 14.3 Å². The molecule has 2 aliphatic heterocycles. The van der Waals surface area contributed by atoms with E-state index in [2.05, 4.69) is 11.8 Å². The molecule has 3 aliphatic rings. The zero-order valence-electron chi connectivity index (χ0n) is 18.0. The average Bonchev–Trinajstić information content (AvgIpc) is 2.72. The third kappa shape index (κ3) is 6.20. The fourth-order valence-electron chi connectivity index (χ4n) is 5.12. The van der Waals surface area contributed by atoms with Gasteiger partial charge in [-0.2, -0.15) is 0 Å². The minimum absolute atomic E-state index is 0.197. The Morgan fingerprint density at radius 2 is 1.39 bits per heavy atom. The minimum atomic E-state index is 0.197. The van der Waals surface area contributed by atoms with Gasteiger partial charge in [0.25, 0.3) is 0 Å². The Morgan fingerprint density at radius 3 is 2.00 bits per heavy atom. The van der Waals surface area contributed by atoms with Crippen LogP contribution in [-0.2, 0) is 14.3 Å². The van der Waals surface area contributed by atoms with Gasteiger partial charge in [-0.15, -0.1) is 0 Å². The maximum atomic E-state index is 12.7. The first-order valence-electron chi connectivity index (χ1n) is 11.6. The number of rotatable bonds is 6. The lowest BCUT2D eigenvalue weighted by molar-refractivity contribution is -0.138. The summed E-state index contributed by atoms with van der Waals surface area (Å²) in [7, 11) is 0. The van der Waals surface area contributed by atoms with E-state index in [1.807, 2.05) is 4.90 Å². The molecule has 0 atom stereocenters. The summed E-state index contributed by atoms with van der Waals surface area (Å²) in [5.41, 5.74) is 0. The average molecular weight is 393 g/mol. The number of piperidine rings is 2. The predicted molar refractivity (Wildman–Crippen MR) is 111 cm³/mol. The summed E-state index contributed by atoms with van der Waals surface area (Å²) in [6, 6.07) is 0. The molecule has 0 aromatic heterocycles. The molecule has 0 unspecified atom stereocenters. The second-order valence-corrected chi connectivity index (χ2v) is 9.54. The third-order valence-electron chi connectivity index (χ3n) is 7.38. The zero-order chi connectivity index (χ0) is 19.9. The van der Waals surface area contributed by atoms with Crippen LogP contribution in [0.5, 0.6) is 0 Å². The molecule has 2 saturated heterocycles. The zero-order valence-corrected chi connectivity index (χ0v) is 18.0. The van der Waals surface area contributed by atoms with Gasteiger partial charge in [-0.25, -0.2) is 0 Å². The Labute approximate surface area is 171 Å². The van der Waals surface area contributed by atoms with Crippen molar-refractivity contribution >= 4 is 11.8 Å². The summed E-state index contributed by atoms with van der Waals surface area (Å²) < 4.78 is 5.97. The van der Waals surface area contributed by atoms with Crippen molar-refractivity contribution in [1.82, 2.24) is 9.80 Å². The summed E-state index contributed by atoms with van der Waals surface area (Å²) in [6.45, 7) is 9.30. The van der Waals surface area contributed by atoms with Gasteiger partial charge in [0.15, 0.2) is 0 Å². The van der Waals surface area contributed by atoms with Gasteiger partial charge in [-0.3, -0.25) is 9.59 Å². The number of likely N-dealkylation sites (tertiary alicyclic amines) is 2. The van der Waals surface area contributed by atoms with Gasteiger partial charge in [0.05, 0.1) is 0 Å². The predicted octanol–water partition coefficient (Wildman–Crippen LogP) is 3.72. The van der Waals surface area contributed by atoms with Gasteiger partial charge in [-0.1, -0.05) is 6.92 Å². The van der Waals surface area contributed by atoms with Crippen LogP contribution in [0.25, 0.3) is 0 Å². The van der Waals surface area contributed by atoms with Crippen molar-refractivity contribution in [2.24, 2.45) is 23.7 Å². The molecule has 0 bridgehead atoms. The highest BCUT2D eigenvalue weighted by Crippen LogP contribution is 2.31. The second kappa shape index (κ2) is 10.6. The van der Waals surface area contributed by atoms with E-state index in [1.165, 1.54) is 12.8 Å². The quantitative estimate of drug-likeness (QED) is 0.648. The van der Waals surface area contributed by atoms with Gasteiger partial charge < -0.3 is 14.5 Å². The normalized spacial score (nSPS) is 27.8. The molecule has 1 saturated carbocycles. The van der Waals surface area contributed by atoms with Crippen molar-refractivity contribution in [3.8, 4) is 0 Å². The molecule has 2 amide bonds. The number of hydrogen-bond donors (Lipinski definition) is 0. The van der Waals surface area contributed by atoms with E-state index >= 15 is 0 Å². The first kappa shape index (κ1) is 21.6. The molecule has 5 nitrogen and oxygen atoms in total. The largest absolute Gasteiger partial charge is 0.381 e. The minimum Gasteiger partial charge on any atom is -0.381 e. The number of carbonyl (C=O) groups excluding carboxylic acids is 2. The highest BCUT2D eigenvalue weighted by atomic mass is 16.5. The number of nitrogens with zero attached hydrogens (tertiary/aromatic N) is 2. The van der Waals surface area contributed by atoms with Gasteiger partial charge >= 0.3 is 0 Å². The van der Waals surface area contributed by atoms with Crippen LogP contribution in [0.4, 0.5) is 0 Å². The molecule has 160 valence electrons. The molecular formula is C23H40N2O3. The van der Waals surface area contributed by atoms with Crippen molar-refractivity contribution in [2.45, 2.75) is 71.6 Å². The summed E-state index contributed by atoms with van der Waals surface area (Å²) in [6.07, 6.45) is 10.2. The van der Waals surface area contributed by atoms with Gasteiger partial charge in [-0.05, 0) is 75.5 Å². The Bertz CT molecular complexity index is 500. The maximum absolute atomic E-state index is 12.7. The Kier molecular flexibility index (Phi) is 8.19. The van der Waals surface area contributed by atoms with Crippen LogP contribution in [0, 0.1) is 23.7 Å². The number of amides is 2. The highest BCUT2D eigenvalue weighted by Gasteiger charge is 2.30. The summed E-state index contributed by atoms with van der Waals surface area (Å²) in [5, 5.41) is 0. The van der Waals surface area contributed by atoms with Crippen LogP contribution in [0.1, 0.15) is 71.6 Å². The smallest absolute Gasteiger partial charge is 0.225 e. The monoisotopic (exact) mass is 392 g/mol. The second-order valence-electron chi connectivity index (χ2n) is 9.54. The number of carbonyl (C=O) groups is 2. The Morgan fingerprint density at radius 1 is 0.821 bits per heavy atom. The van der Waals surface area contributed by atoms with Crippen LogP contribution >= 0.6 is 0 Å². The maximum Gasteiger partial charge on any atom is 0.225 e. The SMILES string of the molecule is CC(=O)N1CCC(COCCC2CCN(C(=O)C3CCC(C)CC3)CC2)CC1. The standard InChI is InChI=1S/C23H40N2O3/c1-18-3-5-22(6-4-18)23(27)25-14-7-20(8-15-25)11-16-28-17-21-9-12-24(13-10-21)19(2)26/h18,20-22H,3-17H2,1-2H3. The first-order valence-corrected chi connectivity index (χ1v) is 11.6. The molecule has 5 heteroatoms. The Hall–Kier alpha value is -1.10. The molecule has 0 spiro atoms. The molecule has 0 aromatic rings. The van der Waals surface area contributed by atoms with Crippen molar-refractivity contribution in [3.63, 3.8) is 0 Å². The van der Waals surface area contributed by atoms with E-state index in [4.69, 9.17) is 4.74 Å². The van der Waals surface area contributed by atoms with E-state index in [1.54, 1.807) is 6.92 Å². The lowest BCUT2D eigenvalue weighted by atomic mass is 9.82. The highest BCUT2D eigenvalue weighted by molar-refractivity contribution is 5.79. The number of hydrogen-bond acceptors (Lipinski definition) is 3. The molecule has 3 rings (SSSR count). The van der Waals surface area contributed by atoms with Gasteiger partial charge in [0.2, 0.25) is 11.8 Å². The van der Waals surface area contributed by atoms with Crippen LogP contribution in [-0.4, -0.2) is 61.0 Å². The lowest BCUT2D eigenvalue weighted by Gasteiger charge is -2.36. The molecule has 1 aliphatic carbocycles. The first-order chi connectivity index (χ1) is 13.5. The molecule has 2 heterocycles. The summed E-state index contributed by atoms with van der Waals surface area (Å²) >= 11 is 0.